The number of anilines is 2. The first-order valence-electron chi connectivity index (χ1n) is 6.97. The smallest absolute Gasteiger partial charge is 0.132 e. The van der Waals surface area contributed by atoms with Crippen LogP contribution in [0, 0.1) is 9.49 Å². The van der Waals surface area contributed by atoms with Crippen LogP contribution in [0.3, 0.4) is 0 Å². The van der Waals surface area contributed by atoms with Gasteiger partial charge in [0.2, 0.25) is 0 Å². The minimum absolute atomic E-state index is 0.609. The van der Waals surface area contributed by atoms with Crippen LogP contribution in [0.2, 0.25) is 0 Å². The van der Waals surface area contributed by atoms with Crippen molar-refractivity contribution in [3.63, 3.8) is 0 Å². The third-order valence-electron chi connectivity index (χ3n) is 3.84. The summed E-state index contributed by atoms with van der Waals surface area (Å²) >= 11 is 2.37. The quantitative estimate of drug-likeness (QED) is 0.827. The molecule has 1 aliphatic carbocycles. The predicted octanol–water partition coefficient (Wildman–Crippen LogP) is 2.73. The first kappa shape index (κ1) is 13.4. The lowest BCUT2D eigenvalue weighted by Crippen LogP contribution is -2.37. The van der Waals surface area contributed by atoms with Gasteiger partial charge in [0.05, 0.1) is 13.2 Å². The van der Waals surface area contributed by atoms with Crippen LogP contribution in [0.4, 0.5) is 11.6 Å². The lowest BCUT2D eigenvalue weighted by Gasteiger charge is -2.34. The van der Waals surface area contributed by atoms with E-state index in [1.165, 1.54) is 16.4 Å². The summed E-state index contributed by atoms with van der Waals surface area (Å²) in [5.74, 6) is 2.95. The molecule has 0 aromatic carbocycles. The Bertz CT molecular complexity index is 442. The second-order valence-corrected chi connectivity index (χ2v) is 6.79. The Kier molecular flexibility index (Phi) is 4.12. The molecule has 1 aromatic rings. The lowest BCUT2D eigenvalue weighted by atomic mass is 9.82. The van der Waals surface area contributed by atoms with Crippen LogP contribution in [0.1, 0.15) is 19.8 Å². The Labute approximate surface area is 128 Å². The molecule has 4 nitrogen and oxygen atoms in total. The van der Waals surface area contributed by atoms with E-state index in [1.807, 2.05) is 0 Å². The van der Waals surface area contributed by atoms with Gasteiger partial charge in [-0.25, -0.2) is 4.98 Å². The Hall–Kier alpha value is -0.560. The van der Waals surface area contributed by atoms with Crippen molar-refractivity contribution in [2.75, 3.05) is 36.5 Å². The van der Waals surface area contributed by atoms with Gasteiger partial charge in [-0.3, -0.25) is 0 Å². The first-order valence-corrected chi connectivity index (χ1v) is 8.05. The Morgan fingerprint density at radius 2 is 2.05 bits per heavy atom. The van der Waals surface area contributed by atoms with Crippen LogP contribution in [-0.4, -0.2) is 37.3 Å². The van der Waals surface area contributed by atoms with Crippen LogP contribution in [0.5, 0.6) is 0 Å². The van der Waals surface area contributed by atoms with Crippen molar-refractivity contribution in [3.05, 3.63) is 15.7 Å². The van der Waals surface area contributed by atoms with E-state index < -0.39 is 0 Å². The van der Waals surface area contributed by atoms with Gasteiger partial charge in [-0.2, -0.15) is 0 Å². The largest absolute Gasteiger partial charge is 0.378 e. The van der Waals surface area contributed by atoms with Crippen molar-refractivity contribution in [1.82, 2.24) is 4.98 Å². The van der Waals surface area contributed by atoms with Crippen LogP contribution in [0.15, 0.2) is 12.1 Å². The highest BCUT2D eigenvalue weighted by molar-refractivity contribution is 14.1. The molecule has 1 N–H and O–H groups in total. The van der Waals surface area contributed by atoms with Crippen LogP contribution in [0.25, 0.3) is 0 Å². The van der Waals surface area contributed by atoms with Crippen molar-refractivity contribution in [1.29, 1.82) is 0 Å². The van der Waals surface area contributed by atoms with Gasteiger partial charge in [-0.1, -0.05) is 6.92 Å². The number of hydrogen-bond donors (Lipinski definition) is 1. The zero-order chi connectivity index (χ0) is 13.2. The van der Waals surface area contributed by atoms with Gasteiger partial charge in [0.15, 0.2) is 0 Å². The molecule has 2 fully saturated rings. The molecule has 1 saturated carbocycles. The molecule has 1 aliphatic heterocycles. The van der Waals surface area contributed by atoms with E-state index in [4.69, 9.17) is 9.72 Å². The monoisotopic (exact) mass is 373 g/mol. The summed E-state index contributed by atoms with van der Waals surface area (Å²) < 4.78 is 6.64. The van der Waals surface area contributed by atoms with E-state index in [0.717, 1.165) is 43.9 Å². The maximum atomic E-state index is 5.40. The summed E-state index contributed by atoms with van der Waals surface area (Å²) in [7, 11) is 0. The minimum Gasteiger partial charge on any atom is -0.378 e. The minimum atomic E-state index is 0.609. The van der Waals surface area contributed by atoms with Crippen molar-refractivity contribution >= 4 is 34.2 Å². The molecule has 2 aliphatic rings. The number of aromatic nitrogens is 1. The van der Waals surface area contributed by atoms with Gasteiger partial charge in [-0.05, 0) is 53.5 Å². The maximum absolute atomic E-state index is 5.40. The van der Waals surface area contributed by atoms with Gasteiger partial charge in [0.1, 0.15) is 11.6 Å². The molecular formula is C14H20IN3O. The van der Waals surface area contributed by atoms with Crippen molar-refractivity contribution in [2.45, 2.75) is 25.8 Å². The molecule has 19 heavy (non-hydrogen) atoms. The molecule has 0 atom stereocenters. The molecule has 0 radical (unpaired) electrons. The van der Waals surface area contributed by atoms with Crippen molar-refractivity contribution in [2.24, 2.45) is 5.92 Å². The number of hydrogen-bond acceptors (Lipinski definition) is 4. The standard InChI is InChI=1S/C14H20IN3O/c1-10-6-12(7-10)16-13-8-11(15)9-14(17-13)18-2-4-19-5-3-18/h8-10,12H,2-7H2,1H3,(H,16,17). The van der Waals surface area contributed by atoms with Gasteiger partial charge >= 0.3 is 0 Å². The molecule has 1 saturated heterocycles. The Morgan fingerprint density at radius 1 is 1.32 bits per heavy atom. The zero-order valence-electron chi connectivity index (χ0n) is 11.2. The molecule has 0 spiro atoms. The molecule has 3 rings (SSSR count). The lowest BCUT2D eigenvalue weighted by molar-refractivity contribution is 0.122. The molecule has 5 heteroatoms. The molecule has 1 aromatic heterocycles. The summed E-state index contributed by atoms with van der Waals surface area (Å²) in [4.78, 5) is 7.06. The van der Waals surface area contributed by atoms with E-state index >= 15 is 0 Å². The summed E-state index contributed by atoms with van der Waals surface area (Å²) in [6.45, 7) is 5.78. The Morgan fingerprint density at radius 3 is 2.74 bits per heavy atom. The van der Waals surface area contributed by atoms with E-state index in [2.05, 4.69) is 51.9 Å². The SMILES string of the molecule is CC1CC(Nc2cc(I)cc(N3CCOCC3)n2)C1. The van der Waals surface area contributed by atoms with Crippen molar-refractivity contribution < 1.29 is 4.74 Å². The number of halogens is 1. The molecule has 0 amide bonds. The number of rotatable bonds is 3. The number of nitrogens with zero attached hydrogens (tertiary/aromatic N) is 2. The second-order valence-electron chi connectivity index (χ2n) is 5.55. The van der Waals surface area contributed by atoms with E-state index in [0.29, 0.717) is 6.04 Å². The number of pyridine rings is 1. The van der Waals surface area contributed by atoms with E-state index in [9.17, 15) is 0 Å². The van der Waals surface area contributed by atoms with Gasteiger partial charge in [0.25, 0.3) is 0 Å². The topological polar surface area (TPSA) is 37.4 Å². The number of morpholine rings is 1. The average molecular weight is 373 g/mol. The number of ether oxygens (including phenoxy) is 1. The highest BCUT2D eigenvalue weighted by Gasteiger charge is 2.25. The van der Waals surface area contributed by atoms with E-state index in [-0.39, 0.29) is 0 Å². The van der Waals surface area contributed by atoms with Gasteiger partial charge < -0.3 is 15.0 Å². The number of nitrogens with one attached hydrogen (secondary N) is 1. The third-order valence-corrected chi connectivity index (χ3v) is 4.46. The fraction of sp³-hybridized carbons (Fsp3) is 0.643. The molecule has 2 heterocycles. The maximum Gasteiger partial charge on any atom is 0.132 e. The average Bonchev–Trinajstić information content (AvgIpc) is 2.37. The Balaban J connectivity index is 1.71. The summed E-state index contributed by atoms with van der Waals surface area (Å²) in [6.07, 6.45) is 2.53. The third kappa shape index (κ3) is 3.31. The van der Waals surface area contributed by atoms with Crippen LogP contribution in [-0.2, 0) is 4.74 Å². The van der Waals surface area contributed by atoms with Crippen LogP contribution >= 0.6 is 22.6 Å². The molecule has 0 unspecified atom stereocenters. The normalized spacial score (nSPS) is 26.9. The first-order chi connectivity index (χ1) is 9.20. The molecule has 0 bridgehead atoms. The highest BCUT2D eigenvalue weighted by atomic mass is 127. The predicted molar refractivity (Wildman–Crippen MR) is 85.8 cm³/mol. The molecular weight excluding hydrogens is 353 g/mol. The second kappa shape index (κ2) is 5.83. The zero-order valence-corrected chi connectivity index (χ0v) is 13.4. The fourth-order valence-electron chi connectivity index (χ4n) is 2.74. The van der Waals surface area contributed by atoms with Crippen molar-refractivity contribution in [3.8, 4) is 0 Å². The van der Waals surface area contributed by atoms with Crippen LogP contribution < -0.4 is 10.2 Å². The summed E-state index contributed by atoms with van der Waals surface area (Å²) in [5, 5.41) is 3.56. The fourth-order valence-corrected chi connectivity index (χ4v) is 3.31. The van der Waals surface area contributed by atoms with E-state index in [1.54, 1.807) is 0 Å². The summed E-state index contributed by atoms with van der Waals surface area (Å²) in [5.41, 5.74) is 0. The van der Waals surface area contributed by atoms with Gasteiger partial charge in [0, 0.05) is 22.7 Å². The summed E-state index contributed by atoms with van der Waals surface area (Å²) in [6, 6.07) is 4.90. The van der Waals surface area contributed by atoms with Gasteiger partial charge in [-0.15, -0.1) is 0 Å². The highest BCUT2D eigenvalue weighted by Crippen LogP contribution is 2.30. The molecule has 104 valence electrons.